The number of nitrogens with zero attached hydrogens (tertiary/aromatic N) is 1. The topological polar surface area (TPSA) is 75.7 Å². The minimum absolute atomic E-state index is 0.199. The lowest BCUT2D eigenvalue weighted by molar-refractivity contribution is -0.122. The molecule has 9 heteroatoms. The van der Waals surface area contributed by atoms with E-state index in [-0.39, 0.29) is 5.57 Å². The van der Waals surface area contributed by atoms with E-state index < -0.39 is 17.8 Å². The predicted molar refractivity (Wildman–Crippen MR) is 118 cm³/mol. The number of carbonyl (C=O) groups excluding carboxylic acids is 3. The lowest BCUT2D eigenvalue weighted by Crippen LogP contribution is -2.54. The molecule has 0 aromatic heterocycles. The van der Waals surface area contributed by atoms with Gasteiger partial charge < -0.3 is 4.74 Å². The Morgan fingerprint density at radius 1 is 1.17 bits per heavy atom. The fraction of sp³-hybridized carbons (Fsp3) is 0.150. The number of carbonyl (C=O) groups is 3. The molecule has 6 nitrogen and oxygen atoms in total. The Morgan fingerprint density at radius 3 is 2.59 bits per heavy atom. The summed E-state index contributed by atoms with van der Waals surface area (Å²) in [6, 6.07) is 7.53. The van der Waals surface area contributed by atoms with E-state index in [2.05, 4.69) is 37.2 Å². The van der Waals surface area contributed by atoms with E-state index in [1.54, 1.807) is 31.2 Å². The maximum Gasteiger partial charge on any atom is 0.335 e. The molecule has 29 heavy (non-hydrogen) atoms. The Hall–Kier alpha value is -2.16. The monoisotopic (exact) mass is 540 g/mol. The first-order chi connectivity index (χ1) is 13.7. The number of urea groups is 1. The van der Waals surface area contributed by atoms with E-state index in [1.165, 1.54) is 12.1 Å². The third-order valence-corrected chi connectivity index (χ3v) is 5.42. The van der Waals surface area contributed by atoms with Gasteiger partial charge in [-0.1, -0.05) is 33.6 Å². The summed E-state index contributed by atoms with van der Waals surface area (Å²) in [6.45, 7) is 3.96. The number of imide groups is 2. The number of hydrogen-bond acceptors (Lipinski definition) is 4. The standard InChI is InChI=1S/C20H15Br2ClN2O4/c1-3-29-17-11(6-12(21)8-15(17)22)7-14-18(26)24-20(28)25(19(14)27)16-9-13(23)5-4-10(16)2/h4-9H,3H2,1-2H3,(H,24,26,28)/b14-7+. The van der Waals surface area contributed by atoms with Crippen molar-refractivity contribution < 1.29 is 19.1 Å². The minimum atomic E-state index is -0.831. The molecule has 1 N–H and O–H groups in total. The van der Waals surface area contributed by atoms with Crippen LogP contribution in [0.1, 0.15) is 18.1 Å². The summed E-state index contributed by atoms with van der Waals surface area (Å²) >= 11 is 12.8. The molecule has 0 unspecified atom stereocenters. The predicted octanol–water partition coefficient (Wildman–Crippen LogP) is 5.24. The van der Waals surface area contributed by atoms with Gasteiger partial charge in [0.25, 0.3) is 11.8 Å². The molecule has 0 spiro atoms. The molecule has 2 aromatic carbocycles. The summed E-state index contributed by atoms with van der Waals surface area (Å²) in [5.41, 5.74) is 1.27. The third-order valence-electron chi connectivity index (χ3n) is 4.14. The van der Waals surface area contributed by atoms with Crippen molar-refractivity contribution >= 4 is 73.1 Å². The van der Waals surface area contributed by atoms with Crippen LogP contribution in [0.4, 0.5) is 10.5 Å². The molecule has 0 aliphatic carbocycles. The molecule has 150 valence electrons. The zero-order chi connectivity index (χ0) is 21.3. The lowest BCUT2D eigenvalue weighted by Gasteiger charge is -2.27. The highest BCUT2D eigenvalue weighted by atomic mass is 79.9. The molecule has 4 amide bonds. The summed E-state index contributed by atoms with van der Waals surface area (Å²) < 4.78 is 7.03. The number of ether oxygens (including phenoxy) is 1. The first-order valence-electron chi connectivity index (χ1n) is 8.52. The maximum atomic E-state index is 13.1. The van der Waals surface area contributed by atoms with Gasteiger partial charge in [-0.3, -0.25) is 14.9 Å². The molecule has 0 saturated carbocycles. The minimum Gasteiger partial charge on any atom is -0.492 e. The van der Waals surface area contributed by atoms with Gasteiger partial charge in [-0.25, -0.2) is 9.69 Å². The van der Waals surface area contributed by atoms with Gasteiger partial charge in [-0.05, 0) is 65.7 Å². The van der Waals surface area contributed by atoms with Crippen LogP contribution in [0.5, 0.6) is 5.75 Å². The van der Waals surface area contributed by atoms with Crippen LogP contribution in [-0.4, -0.2) is 24.5 Å². The van der Waals surface area contributed by atoms with Crippen molar-refractivity contribution in [2.24, 2.45) is 0 Å². The van der Waals surface area contributed by atoms with Gasteiger partial charge in [-0.15, -0.1) is 0 Å². The van der Waals surface area contributed by atoms with Crippen molar-refractivity contribution in [3.63, 3.8) is 0 Å². The van der Waals surface area contributed by atoms with Gasteiger partial charge in [0, 0.05) is 15.1 Å². The van der Waals surface area contributed by atoms with Gasteiger partial charge >= 0.3 is 6.03 Å². The average Bonchev–Trinajstić information content (AvgIpc) is 2.64. The van der Waals surface area contributed by atoms with Crippen molar-refractivity contribution in [1.82, 2.24) is 5.32 Å². The SMILES string of the molecule is CCOc1c(Br)cc(Br)cc1/C=C1\C(=O)NC(=O)N(c2cc(Cl)ccc2C)C1=O. The van der Waals surface area contributed by atoms with Gasteiger partial charge in [-0.2, -0.15) is 0 Å². The second kappa shape index (κ2) is 8.69. The van der Waals surface area contributed by atoms with Gasteiger partial charge in [0.15, 0.2) is 0 Å². The van der Waals surface area contributed by atoms with E-state index in [9.17, 15) is 14.4 Å². The summed E-state index contributed by atoms with van der Waals surface area (Å²) in [7, 11) is 0. The highest BCUT2D eigenvalue weighted by molar-refractivity contribution is 9.11. The lowest BCUT2D eigenvalue weighted by atomic mass is 10.0. The quantitative estimate of drug-likeness (QED) is 0.424. The fourth-order valence-corrected chi connectivity index (χ4v) is 4.38. The molecule has 1 fully saturated rings. The Morgan fingerprint density at radius 2 is 1.90 bits per heavy atom. The first-order valence-corrected chi connectivity index (χ1v) is 10.5. The van der Waals surface area contributed by atoms with Crippen molar-refractivity contribution in [3.05, 3.63) is 61.0 Å². The van der Waals surface area contributed by atoms with Crippen LogP contribution >= 0.6 is 43.5 Å². The maximum absolute atomic E-state index is 13.1. The first kappa shape index (κ1) is 21.5. The molecule has 0 atom stereocenters. The van der Waals surface area contributed by atoms with E-state index in [4.69, 9.17) is 16.3 Å². The largest absolute Gasteiger partial charge is 0.492 e. The Kier molecular flexibility index (Phi) is 6.45. The van der Waals surface area contributed by atoms with Crippen molar-refractivity contribution in [2.45, 2.75) is 13.8 Å². The number of amides is 4. The van der Waals surface area contributed by atoms with Gasteiger partial charge in [0.1, 0.15) is 11.3 Å². The van der Waals surface area contributed by atoms with Crippen LogP contribution in [0.2, 0.25) is 5.02 Å². The second-order valence-corrected chi connectivity index (χ2v) is 8.33. The number of halogens is 3. The number of aryl methyl sites for hydroxylation is 1. The molecule has 3 rings (SSSR count). The van der Waals surface area contributed by atoms with Crippen molar-refractivity contribution in [3.8, 4) is 5.75 Å². The van der Waals surface area contributed by atoms with Crippen LogP contribution in [0.3, 0.4) is 0 Å². The summed E-state index contributed by atoms with van der Waals surface area (Å²) in [4.78, 5) is 38.9. The van der Waals surface area contributed by atoms with Crippen molar-refractivity contribution in [1.29, 1.82) is 0 Å². The van der Waals surface area contributed by atoms with Crippen LogP contribution in [0.15, 0.2) is 44.9 Å². The number of rotatable bonds is 4. The smallest absolute Gasteiger partial charge is 0.335 e. The average molecular weight is 543 g/mol. The number of barbiturate groups is 1. The molecular weight excluding hydrogens is 527 g/mol. The van der Waals surface area contributed by atoms with Crippen LogP contribution in [-0.2, 0) is 9.59 Å². The molecule has 1 aliphatic rings. The fourth-order valence-electron chi connectivity index (χ4n) is 2.84. The zero-order valence-corrected chi connectivity index (χ0v) is 19.3. The highest BCUT2D eigenvalue weighted by Crippen LogP contribution is 2.35. The van der Waals surface area contributed by atoms with Crippen LogP contribution in [0.25, 0.3) is 6.08 Å². The Labute approximate surface area is 189 Å². The van der Waals surface area contributed by atoms with E-state index >= 15 is 0 Å². The highest BCUT2D eigenvalue weighted by Gasteiger charge is 2.37. The van der Waals surface area contributed by atoms with Gasteiger partial charge in [0.2, 0.25) is 0 Å². The second-order valence-electron chi connectivity index (χ2n) is 6.13. The number of anilines is 1. The van der Waals surface area contributed by atoms with E-state index in [1.807, 2.05) is 6.92 Å². The third kappa shape index (κ3) is 4.39. The number of benzene rings is 2. The van der Waals surface area contributed by atoms with E-state index in [0.717, 1.165) is 9.37 Å². The molecule has 0 radical (unpaired) electrons. The number of hydrogen-bond donors (Lipinski definition) is 1. The van der Waals surface area contributed by atoms with Gasteiger partial charge in [0.05, 0.1) is 16.8 Å². The molecule has 1 heterocycles. The Balaban J connectivity index is 2.13. The molecule has 1 aliphatic heterocycles. The normalized spacial score (nSPS) is 15.7. The van der Waals surface area contributed by atoms with E-state index in [0.29, 0.717) is 38.7 Å². The summed E-state index contributed by atoms with van der Waals surface area (Å²) in [5, 5.41) is 2.57. The summed E-state index contributed by atoms with van der Waals surface area (Å²) in [5.74, 6) is -1.05. The van der Waals surface area contributed by atoms with Crippen molar-refractivity contribution in [2.75, 3.05) is 11.5 Å². The molecule has 2 aromatic rings. The Bertz CT molecular complexity index is 1070. The molecule has 1 saturated heterocycles. The number of nitrogens with one attached hydrogen (secondary N) is 1. The van der Waals surface area contributed by atoms with Crippen LogP contribution < -0.4 is 15.0 Å². The molecular formula is C20H15Br2ClN2O4. The molecule has 0 bridgehead atoms. The summed E-state index contributed by atoms with van der Waals surface area (Å²) in [6.07, 6.45) is 1.40. The van der Waals surface area contributed by atoms with Crippen LogP contribution in [0, 0.1) is 6.92 Å². The zero-order valence-electron chi connectivity index (χ0n) is 15.4.